The van der Waals surface area contributed by atoms with E-state index in [0.717, 1.165) is 59.3 Å². The maximum absolute atomic E-state index is 13.2. The van der Waals surface area contributed by atoms with Crippen LogP contribution in [-0.4, -0.2) is 43.6 Å². The summed E-state index contributed by atoms with van der Waals surface area (Å²) in [4.78, 5) is 19.9. The van der Waals surface area contributed by atoms with E-state index in [4.69, 9.17) is 16.6 Å². The average Bonchev–Trinajstić information content (AvgIpc) is 3.65. The zero-order valence-corrected chi connectivity index (χ0v) is 25.1. The van der Waals surface area contributed by atoms with Gasteiger partial charge in [0.25, 0.3) is 5.91 Å². The number of para-hydroxylation sites is 1. The molecule has 6 nitrogen and oxygen atoms in total. The lowest BCUT2D eigenvalue weighted by atomic mass is 9.90. The number of rotatable bonds is 8. The van der Waals surface area contributed by atoms with Gasteiger partial charge in [-0.2, -0.15) is 0 Å². The van der Waals surface area contributed by atoms with Crippen LogP contribution in [0.4, 0.5) is 0 Å². The first kappa shape index (κ1) is 27.7. The predicted octanol–water partition coefficient (Wildman–Crippen LogP) is 7.74. The highest BCUT2D eigenvalue weighted by molar-refractivity contribution is 7.98. The zero-order chi connectivity index (χ0) is 28.2. The van der Waals surface area contributed by atoms with Gasteiger partial charge in [0.1, 0.15) is 10.7 Å². The molecule has 1 aliphatic rings. The quantitative estimate of drug-likeness (QED) is 0.171. The van der Waals surface area contributed by atoms with E-state index in [0.29, 0.717) is 28.2 Å². The maximum atomic E-state index is 13.2. The summed E-state index contributed by atoms with van der Waals surface area (Å²) in [6.07, 6.45) is 3.12. The number of halogens is 1. The van der Waals surface area contributed by atoms with E-state index in [2.05, 4.69) is 64.2 Å². The summed E-state index contributed by atoms with van der Waals surface area (Å²) in [5.41, 5.74) is 4.84. The largest absolute Gasteiger partial charge is 0.337 e. The minimum atomic E-state index is 0.0275. The van der Waals surface area contributed by atoms with Gasteiger partial charge in [0.2, 0.25) is 0 Å². The molecule has 9 heteroatoms. The molecule has 3 heterocycles. The van der Waals surface area contributed by atoms with Crippen molar-refractivity contribution in [3.05, 3.63) is 111 Å². The molecule has 0 radical (unpaired) electrons. The second kappa shape index (κ2) is 12.6. The van der Waals surface area contributed by atoms with Crippen LogP contribution in [0.5, 0.6) is 0 Å². The van der Waals surface area contributed by atoms with Gasteiger partial charge in [-0.3, -0.25) is 9.36 Å². The molecular weight excluding hydrogens is 570 g/mol. The minimum Gasteiger partial charge on any atom is -0.337 e. The second-order valence-corrected chi connectivity index (χ2v) is 12.5. The molecule has 2 aromatic heterocycles. The number of amides is 1. The fourth-order valence-electron chi connectivity index (χ4n) is 5.26. The lowest BCUT2D eigenvalue weighted by Crippen LogP contribution is -2.39. The molecular formula is C32H30ClN5OS2. The van der Waals surface area contributed by atoms with Crippen molar-refractivity contribution in [2.24, 2.45) is 5.92 Å². The van der Waals surface area contributed by atoms with Crippen LogP contribution < -0.4 is 0 Å². The van der Waals surface area contributed by atoms with Crippen LogP contribution in [0.25, 0.3) is 17.1 Å². The number of carbonyl (C=O) groups is 1. The monoisotopic (exact) mass is 599 g/mol. The summed E-state index contributed by atoms with van der Waals surface area (Å²) in [7, 11) is 0. The first-order valence-corrected chi connectivity index (χ1v) is 16.0. The fourth-order valence-corrected chi connectivity index (χ4v) is 7.21. The predicted molar refractivity (Wildman–Crippen MR) is 167 cm³/mol. The molecule has 1 saturated heterocycles. The minimum absolute atomic E-state index is 0.0275. The Balaban J connectivity index is 1.14. The van der Waals surface area contributed by atoms with E-state index in [9.17, 15) is 4.79 Å². The summed E-state index contributed by atoms with van der Waals surface area (Å²) >= 11 is 9.62. The Morgan fingerprint density at radius 1 is 0.976 bits per heavy atom. The van der Waals surface area contributed by atoms with Gasteiger partial charge in [0.15, 0.2) is 11.0 Å². The number of thioether (sulfide) groups is 1. The normalized spacial score (nSPS) is 14.0. The number of carbonyl (C=O) groups excluding carboxylic acids is 1. The SMILES string of the molecule is Cc1ccccc1-n1c(SCc2nc(C(=O)N3CCC(Cc4ccccc4)CC3)cs2)nnc1-c1ccccc1Cl. The van der Waals surface area contributed by atoms with Crippen molar-refractivity contribution in [1.82, 2.24) is 24.6 Å². The van der Waals surface area contributed by atoms with Gasteiger partial charge in [0, 0.05) is 24.0 Å². The fraction of sp³-hybridized carbons (Fsp3) is 0.250. The smallest absolute Gasteiger partial charge is 0.273 e. The summed E-state index contributed by atoms with van der Waals surface area (Å²) in [6, 6.07) is 26.5. The van der Waals surface area contributed by atoms with Crippen LogP contribution >= 0.6 is 34.7 Å². The van der Waals surface area contributed by atoms with E-state index in [1.807, 2.05) is 46.7 Å². The summed E-state index contributed by atoms with van der Waals surface area (Å²) in [6.45, 7) is 3.63. The third kappa shape index (κ3) is 6.25. The molecule has 0 unspecified atom stereocenters. The molecule has 208 valence electrons. The molecule has 0 N–H and O–H groups in total. The average molecular weight is 600 g/mol. The maximum Gasteiger partial charge on any atom is 0.273 e. The van der Waals surface area contributed by atoms with Gasteiger partial charge in [-0.25, -0.2) is 4.98 Å². The van der Waals surface area contributed by atoms with E-state index in [1.165, 1.54) is 16.9 Å². The number of aromatic nitrogens is 4. The highest BCUT2D eigenvalue weighted by Gasteiger charge is 2.26. The van der Waals surface area contributed by atoms with E-state index < -0.39 is 0 Å². The van der Waals surface area contributed by atoms with Gasteiger partial charge in [-0.15, -0.1) is 21.5 Å². The van der Waals surface area contributed by atoms with Crippen molar-refractivity contribution in [2.45, 2.75) is 37.1 Å². The number of nitrogens with zero attached hydrogens (tertiary/aromatic N) is 5. The Labute approximate surface area is 253 Å². The molecule has 0 spiro atoms. The van der Waals surface area contributed by atoms with Crippen molar-refractivity contribution in [3.8, 4) is 17.1 Å². The molecule has 5 aromatic rings. The Hall–Kier alpha value is -3.46. The number of hydrogen-bond acceptors (Lipinski definition) is 6. The number of hydrogen-bond donors (Lipinski definition) is 0. The van der Waals surface area contributed by atoms with Gasteiger partial charge in [0.05, 0.1) is 16.5 Å². The molecule has 1 aliphatic heterocycles. The molecule has 0 saturated carbocycles. The summed E-state index contributed by atoms with van der Waals surface area (Å²) < 4.78 is 2.06. The topological polar surface area (TPSA) is 63.9 Å². The number of benzene rings is 3. The van der Waals surface area contributed by atoms with E-state index in [-0.39, 0.29) is 5.91 Å². The van der Waals surface area contributed by atoms with Crippen molar-refractivity contribution in [3.63, 3.8) is 0 Å². The van der Waals surface area contributed by atoms with Crippen LogP contribution in [0.1, 0.15) is 39.5 Å². The molecule has 6 rings (SSSR count). The van der Waals surface area contributed by atoms with Crippen molar-refractivity contribution in [2.75, 3.05) is 13.1 Å². The Bertz CT molecular complexity index is 1640. The van der Waals surface area contributed by atoms with Gasteiger partial charge >= 0.3 is 0 Å². The van der Waals surface area contributed by atoms with Crippen LogP contribution in [-0.2, 0) is 12.2 Å². The molecule has 0 atom stereocenters. The first-order valence-electron chi connectivity index (χ1n) is 13.7. The summed E-state index contributed by atoms with van der Waals surface area (Å²) in [5.74, 6) is 1.92. The van der Waals surface area contributed by atoms with Crippen LogP contribution in [0.3, 0.4) is 0 Å². The van der Waals surface area contributed by atoms with E-state index >= 15 is 0 Å². The van der Waals surface area contributed by atoms with Crippen LogP contribution in [0.2, 0.25) is 5.02 Å². The highest BCUT2D eigenvalue weighted by Crippen LogP contribution is 2.34. The van der Waals surface area contributed by atoms with Crippen molar-refractivity contribution in [1.29, 1.82) is 0 Å². The highest BCUT2D eigenvalue weighted by atomic mass is 35.5. The lowest BCUT2D eigenvalue weighted by molar-refractivity contribution is 0.0685. The molecule has 0 aliphatic carbocycles. The van der Waals surface area contributed by atoms with Crippen molar-refractivity contribution >= 4 is 40.6 Å². The van der Waals surface area contributed by atoms with Gasteiger partial charge in [-0.1, -0.05) is 84.0 Å². The number of thiazole rings is 1. The molecule has 0 bridgehead atoms. The summed E-state index contributed by atoms with van der Waals surface area (Å²) in [5, 5.41) is 13.2. The number of likely N-dealkylation sites (tertiary alicyclic amines) is 1. The number of aryl methyl sites for hydroxylation is 1. The van der Waals surface area contributed by atoms with Crippen molar-refractivity contribution < 1.29 is 4.79 Å². The van der Waals surface area contributed by atoms with Gasteiger partial charge in [-0.05, 0) is 61.4 Å². The Morgan fingerprint density at radius 3 is 2.49 bits per heavy atom. The Morgan fingerprint density at radius 2 is 1.71 bits per heavy atom. The number of piperidine rings is 1. The zero-order valence-electron chi connectivity index (χ0n) is 22.7. The molecule has 3 aromatic carbocycles. The first-order chi connectivity index (χ1) is 20.1. The molecule has 1 fully saturated rings. The Kier molecular flexibility index (Phi) is 8.51. The van der Waals surface area contributed by atoms with E-state index in [1.54, 1.807) is 11.8 Å². The third-order valence-electron chi connectivity index (χ3n) is 7.47. The molecule has 41 heavy (non-hydrogen) atoms. The standard InChI is InChI=1S/C32H30ClN5OS2/c1-22-9-5-8-14-28(22)38-30(25-12-6-7-13-26(25)33)35-36-32(38)41-21-29-34-27(20-40-29)31(39)37-17-15-24(16-18-37)19-23-10-3-2-4-11-23/h2-14,20,24H,15-19,21H2,1H3. The van der Waals surface area contributed by atoms with Crippen LogP contribution in [0, 0.1) is 12.8 Å². The second-order valence-electron chi connectivity index (χ2n) is 10.2. The van der Waals surface area contributed by atoms with Gasteiger partial charge < -0.3 is 4.90 Å². The molecule has 1 amide bonds. The third-order valence-corrected chi connectivity index (χ3v) is 9.77. The van der Waals surface area contributed by atoms with Crippen LogP contribution in [0.15, 0.2) is 89.4 Å². The lowest BCUT2D eigenvalue weighted by Gasteiger charge is -2.31.